The van der Waals surface area contributed by atoms with Crippen LogP contribution >= 0.6 is 31.9 Å². The van der Waals surface area contributed by atoms with Crippen LogP contribution in [0, 0.1) is 6.92 Å². The van der Waals surface area contributed by atoms with Gasteiger partial charge in [-0.2, -0.15) is 0 Å². The average Bonchev–Trinajstić information content (AvgIpc) is 2.56. The maximum absolute atomic E-state index is 12.5. The molecular formula is C12H15Br2NO4S2. The van der Waals surface area contributed by atoms with E-state index in [1.54, 1.807) is 13.0 Å². The van der Waals surface area contributed by atoms with Crippen LogP contribution in [0.2, 0.25) is 0 Å². The van der Waals surface area contributed by atoms with Gasteiger partial charge in [-0.15, -0.1) is 0 Å². The van der Waals surface area contributed by atoms with Gasteiger partial charge in [0.1, 0.15) is 0 Å². The van der Waals surface area contributed by atoms with Crippen molar-refractivity contribution >= 4 is 51.7 Å². The third-order valence-electron chi connectivity index (χ3n) is 3.39. The number of aryl methyl sites for hydroxylation is 1. The Labute approximate surface area is 141 Å². The lowest BCUT2D eigenvalue weighted by Gasteiger charge is -2.24. The number of benzene rings is 1. The highest BCUT2D eigenvalue weighted by Crippen LogP contribution is 2.31. The largest absolute Gasteiger partial charge is 0.242 e. The van der Waals surface area contributed by atoms with Crippen molar-refractivity contribution in [1.29, 1.82) is 0 Å². The fourth-order valence-electron chi connectivity index (χ4n) is 2.30. The normalized spacial score (nSPS) is 25.1. The summed E-state index contributed by atoms with van der Waals surface area (Å²) < 4.78 is 51.9. The van der Waals surface area contributed by atoms with Crippen molar-refractivity contribution in [3.8, 4) is 0 Å². The van der Waals surface area contributed by atoms with Gasteiger partial charge in [0.05, 0.1) is 16.4 Å². The van der Waals surface area contributed by atoms with Gasteiger partial charge in [-0.25, -0.2) is 21.6 Å². The SMILES string of the molecule is Cc1cc(Br)c(S(=O)(=O)NC2(C)CCS(=O)(=O)C2)cc1Br. The van der Waals surface area contributed by atoms with Crippen molar-refractivity contribution in [2.75, 3.05) is 11.5 Å². The third kappa shape index (κ3) is 3.87. The van der Waals surface area contributed by atoms with E-state index in [1.165, 1.54) is 6.07 Å². The Kier molecular flexibility index (Phi) is 4.63. The van der Waals surface area contributed by atoms with Crippen LogP contribution in [0.3, 0.4) is 0 Å². The van der Waals surface area contributed by atoms with E-state index >= 15 is 0 Å². The Hall–Kier alpha value is 0.0400. The summed E-state index contributed by atoms with van der Waals surface area (Å²) in [7, 11) is -7.00. The molecule has 1 aliphatic heterocycles. The quantitative estimate of drug-likeness (QED) is 0.750. The first-order chi connectivity index (χ1) is 9.44. The number of sulfonamides is 1. The Morgan fingerprint density at radius 1 is 1.24 bits per heavy atom. The number of hydrogen-bond donors (Lipinski definition) is 1. The van der Waals surface area contributed by atoms with Crippen LogP contribution < -0.4 is 4.72 Å². The molecule has 1 heterocycles. The number of rotatable bonds is 3. The Balaban J connectivity index is 2.38. The molecule has 0 saturated carbocycles. The second kappa shape index (κ2) is 5.59. The molecule has 0 aromatic heterocycles. The summed E-state index contributed by atoms with van der Waals surface area (Å²) >= 11 is 6.56. The maximum atomic E-state index is 12.5. The van der Waals surface area contributed by atoms with Gasteiger partial charge in [-0.05, 0) is 53.9 Å². The van der Waals surface area contributed by atoms with Crippen molar-refractivity contribution in [2.24, 2.45) is 0 Å². The summed E-state index contributed by atoms with van der Waals surface area (Å²) in [5.74, 6) is -0.172. The van der Waals surface area contributed by atoms with Crippen molar-refractivity contribution in [1.82, 2.24) is 4.72 Å². The summed E-state index contributed by atoms with van der Waals surface area (Å²) in [5.41, 5.74) is -0.0652. The minimum atomic E-state index is -3.81. The van der Waals surface area contributed by atoms with Gasteiger partial charge >= 0.3 is 0 Å². The molecule has 0 radical (unpaired) electrons. The van der Waals surface area contributed by atoms with E-state index in [-0.39, 0.29) is 22.8 Å². The van der Waals surface area contributed by atoms with Gasteiger partial charge < -0.3 is 0 Å². The first-order valence-corrected chi connectivity index (χ1v) is 11.0. The highest BCUT2D eigenvalue weighted by atomic mass is 79.9. The minimum absolute atomic E-state index is 0.00474. The van der Waals surface area contributed by atoms with E-state index in [4.69, 9.17) is 0 Å². The van der Waals surface area contributed by atoms with Crippen LogP contribution in [-0.4, -0.2) is 33.9 Å². The molecule has 1 aromatic rings. The zero-order valence-corrected chi connectivity index (χ0v) is 16.3. The molecule has 1 fully saturated rings. The summed E-state index contributed by atoms with van der Waals surface area (Å²) in [6, 6.07) is 3.21. The monoisotopic (exact) mass is 459 g/mol. The van der Waals surface area contributed by atoms with Gasteiger partial charge in [-0.3, -0.25) is 0 Å². The van der Waals surface area contributed by atoms with Crippen molar-refractivity contribution in [2.45, 2.75) is 30.7 Å². The first-order valence-electron chi connectivity index (χ1n) is 6.14. The molecule has 1 atom stereocenters. The molecule has 1 aromatic carbocycles. The van der Waals surface area contributed by atoms with E-state index in [1.807, 2.05) is 6.92 Å². The molecule has 118 valence electrons. The molecule has 1 aliphatic rings. The predicted molar refractivity (Wildman–Crippen MR) is 88.6 cm³/mol. The fourth-order valence-corrected chi connectivity index (χ4v) is 7.60. The van der Waals surface area contributed by atoms with Gasteiger partial charge in [-0.1, -0.05) is 15.9 Å². The lowest BCUT2D eigenvalue weighted by molar-refractivity contribution is 0.461. The van der Waals surface area contributed by atoms with Crippen molar-refractivity contribution in [3.63, 3.8) is 0 Å². The number of nitrogens with one attached hydrogen (secondary N) is 1. The van der Waals surface area contributed by atoms with Crippen LogP contribution in [0.5, 0.6) is 0 Å². The summed E-state index contributed by atoms with van der Waals surface area (Å²) in [4.78, 5) is 0.0884. The van der Waals surface area contributed by atoms with E-state index in [9.17, 15) is 16.8 Å². The Morgan fingerprint density at radius 3 is 2.38 bits per heavy atom. The van der Waals surface area contributed by atoms with Gasteiger partial charge in [0.15, 0.2) is 9.84 Å². The van der Waals surface area contributed by atoms with Crippen LogP contribution in [0.4, 0.5) is 0 Å². The highest BCUT2D eigenvalue weighted by Gasteiger charge is 2.41. The molecule has 2 rings (SSSR count). The molecule has 0 amide bonds. The Bertz CT molecular complexity index is 790. The van der Waals surface area contributed by atoms with Crippen molar-refractivity contribution < 1.29 is 16.8 Å². The van der Waals surface area contributed by atoms with E-state index in [0.717, 1.165) is 5.56 Å². The zero-order chi connectivity index (χ0) is 16.1. The van der Waals surface area contributed by atoms with Crippen LogP contribution in [0.15, 0.2) is 26.0 Å². The molecule has 5 nitrogen and oxygen atoms in total. The fraction of sp³-hybridized carbons (Fsp3) is 0.500. The zero-order valence-electron chi connectivity index (χ0n) is 11.5. The van der Waals surface area contributed by atoms with Gasteiger partial charge in [0.25, 0.3) is 0 Å². The van der Waals surface area contributed by atoms with Gasteiger partial charge in [0, 0.05) is 14.5 Å². The molecule has 1 saturated heterocycles. The topological polar surface area (TPSA) is 80.3 Å². The lowest BCUT2D eigenvalue weighted by atomic mass is 10.0. The lowest BCUT2D eigenvalue weighted by Crippen LogP contribution is -2.46. The summed E-state index contributed by atoms with van der Waals surface area (Å²) in [6.45, 7) is 3.47. The number of sulfone groups is 1. The first kappa shape index (κ1) is 17.4. The molecular weight excluding hydrogens is 446 g/mol. The smallest absolute Gasteiger partial charge is 0.229 e. The standard InChI is InChI=1S/C12H15Br2NO4S2/c1-8-5-10(14)11(6-9(8)13)21(18,19)15-12(2)3-4-20(16,17)7-12/h5-6,15H,3-4,7H2,1-2H3. The molecule has 0 aliphatic carbocycles. The second-order valence-electron chi connectivity index (χ2n) is 5.54. The van der Waals surface area contributed by atoms with E-state index in [0.29, 0.717) is 8.95 Å². The maximum Gasteiger partial charge on any atom is 0.242 e. The van der Waals surface area contributed by atoms with E-state index in [2.05, 4.69) is 36.6 Å². The third-order valence-corrected chi connectivity index (χ3v) is 8.74. The second-order valence-corrected chi connectivity index (χ2v) is 11.1. The highest BCUT2D eigenvalue weighted by molar-refractivity contribution is 9.11. The summed E-state index contributed by atoms with van der Waals surface area (Å²) in [5, 5.41) is 0. The van der Waals surface area contributed by atoms with Crippen molar-refractivity contribution in [3.05, 3.63) is 26.6 Å². The molecule has 21 heavy (non-hydrogen) atoms. The Morgan fingerprint density at radius 2 is 1.86 bits per heavy atom. The summed E-state index contributed by atoms with van der Waals surface area (Å²) in [6.07, 6.45) is 0.277. The average molecular weight is 461 g/mol. The number of hydrogen-bond acceptors (Lipinski definition) is 4. The van der Waals surface area contributed by atoms with Crippen LogP contribution in [-0.2, 0) is 19.9 Å². The van der Waals surface area contributed by atoms with Crippen LogP contribution in [0.1, 0.15) is 18.9 Å². The molecule has 1 N–H and O–H groups in total. The minimum Gasteiger partial charge on any atom is -0.229 e. The molecule has 9 heteroatoms. The van der Waals surface area contributed by atoms with Gasteiger partial charge in [0.2, 0.25) is 10.0 Å². The molecule has 0 spiro atoms. The van der Waals surface area contributed by atoms with E-state index < -0.39 is 25.4 Å². The molecule has 0 bridgehead atoms. The van der Waals surface area contributed by atoms with Crippen LogP contribution in [0.25, 0.3) is 0 Å². The number of halogens is 2. The predicted octanol–water partition coefficient (Wildman–Crippen LogP) is 2.38. The molecule has 1 unspecified atom stereocenters.